The number of hydrogen-bond donors (Lipinski definition) is 0. The summed E-state index contributed by atoms with van der Waals surface area (Å²) in [5.41, 5.74) is 0.489. The van der Waals surface area contributed by atoms with E-state index in [0.717, 1.165) is 0 Å². The molecule has 70 valence electrons. The van der Waals surface area contributed by atoms with Gasteiger partial charge in [-0.1, -0.05) is 0 Å². The molecule has 1 aromatic rings. The fourth-order valence-electron chi connectivity index (χ4n) is 0.898. The standard InChI is InChI=1S/C9H9BrO3/c1-12-6-3-4-7(8(10)5-6)9(11)13-2/h3-5H,1-2H3. The molecule has 1 aromatic carbocycles. The predicted molar refractivity (Wildman–Crippen MR) is 52.0 cm³/mol. The third-order valence-electron chi connectivity index (χ3n) is 1.58. The van der Waals surface area contributed by atoms with Crippen LogP contribution in [-0.2, 0) is 4.74 Å². The van der Waals surface area contributed by atoms with Gasteiger partial charge in [-0.25, -0.2) is 4.79 Å². The SMILES string of the molecule is COC(=O)c1ccc(OC)cc1Br. The quantitative estimate of drug-likeness (QED) is 0.749. The minimum atomic E-state index is -0.366. The molecule has 0 aromatic heterocycles. The summed E-state index contributed by atoms with van der Waals surface area (Å²) < 4.78 is 10.2. The molecule has 0 N–H and O–H groups in total. The monoisotopic (exact) mass is 244 g/mol. The van der Waals surface area contributed by atoms with Crippen LogP contribution < -0.4 is 4.74 Å². The highest BCUT2D eigenvalue weighted by atomic mass is 79.9. The molecular formula is C9H9BrO3. The van der Waals surface area contributed by atoms with E-state index in [1.54, 1.807) is 25.3 Å². The largest absolute Gasteiger partial charge is 0.497 e. The van der Waals surface area contributed by atoms with Gasteiger partial charge in [0.2, 0.25) is 0 Å². The Morgan fingerprint density at radius 2 is 2.08 bits per heavy atom. The van der Waals surface area contributed by atoms with Gasteiger partial charge in [0.05, 0.1) is 19.8 Å². The number of hydrogen-bond acceptors (Lipinski definition) is 3. The molecule has 4 heteroatoms. The molecule has 1 rings (SSSR count). The smallest absolute Gasteiger partial charge is 0.339 e. The van der Waals surface area contributed by atoms with Gasteiger partial charge in [0, 0.05) is 4.47 Å². The predicted octanol–water partition coefficient (Wildman–Crippen LogP) is 2.24. The minimum absolute atomic E-state index is 0.366. The van der Waals surface area contributed by atoms with E-state index in [1.807, 2.05) is 0 Å². The summed E-state index contributed by atoms with van der Waals surface area (Å²) >= 11 is 3.25. The van der Waals surface area contributed by atoms with Crippen LogP contribution in [0.4, 0.5) is 0 Å². The lowest BCUT2D eigenvalue weighted by atomic mass is 10.2. The van der Waals surface area contributed by atoms with Crippen molar-refractivity contribution >= 4 is 21.9 Å². The lowest BCUT2D eigenvalue weighted by molar-refractivity contribution is 0.0599. The van der Waals surface area contributed by atoms with Crippen molar-refractivity contribution in [1.29, 1.82) is 0 Å². The van der Waals surface area contributed by atoms with Gasteiger partial charge < -0.3 is 9.47 Å². The van der Waals surface area contributed by atoms with Gasteiger partial charge in [0.15, 0.2) is 0 Å². The molecular weight excluding hydrogens is 236 g/mol. The van der Waals surface area contributed by atoms with Gasteiger partial charge in [-0.3, -0.25) is 0 Å². The number of esters is 1. The molecule has 0 fully saturated rings. The number of benzene rings is 1. The number of ether oxygens (including phenoxy) is 2. The fourth-order valence-corrected chi connectivity index (χ4v) is 1.42. The molecule has 0 aliphatic rings. The topological polar surface area (TPSA) is 35.5 Å². The van der Waals surface area contributed by atoms with E-state index in [0.29, 0.717) is 15.8 Å². The third kappa shape index (κ3) is 2.21. The number of methoxy groups -OCH3 is 2. The molecule has 0 spiro atoms. The molecule has 3 nitrogen and oxygen atoms in total. The summed E-state index contributed by atoms with van der Waals surface area (Å²) in [7, 11) is 2.92. The molecule has 0 aliphatic carbocycles. The normalized spacial score (nSPS) is 9.46. The van der Waals surface area contributed by atoms with Crippen LogP contribution in [-0.4, -0.2) is 20.2 Å². The van der Waals surface area contributed by atoms with E-state index in [9.17, 15) is 4.79 Å². The van der Waals surface area contributed by atoms with Gasteiger partial charge in [-0.15, -0.1) is 0 Å². The maximum Gasteiger partial charge on any atom is 0.339 e. The summed E-state index contributed by atoms with van der Waals surface area (Å²) in [6.07, 6.45) is 0. The Hall–Kier alpha value is -1.03. The Labute approximate surface area is 84.8 Å². The Morgan fingerprint density at radius 1 is 1.38 bits per heavy atom. The van der Waals surface area contributed by atoms with E-state index in [1.165, 1.54) is 7.11 Å². The number of halogens is 1. The van der Waals surface area contributed by atoms with Crippen molar-refractivity contribution in [3.8, 4) is 5.75 Å². The van der Waals surface area contributed by atoms with Crippen LogP contribution in [0.15, 0.2) is 22.7 Å². The van der Waals surface area contributed by atoms with Crippen molar-refractivity contribution in [3.05, 3.63) is 28.2 Å². The van der Waals surface area contributed by atoms with E-state index in [4.69, 9.17) is 4.74 Å². The second-order valence-corrected chi connectivity index (χ2v) is 3.19. The molecule has 0 radical (unpaired) electrons. The fraction of sp³-hybridized carbons (Fsp3) is 0.222. The second kappa shape index (κ2) is 4.28. The number of carbonyl (C=O) groups excluding carboxylic acids is 1. The van der Waals surface area contributed by atoms with Crippen LogP contribution in [0.1, 0.15) is 10.4 Å². The molecule has 0 atom stereocenters. The lowest BCUT2D eigenvalue weighted by Crippen LogP contribution is -2.02. The Morgan fingerprint density at radius 3 is 2.54 bits per heavy atom. The van der Waals surface area contributed by atoms with Crippen LogP contribution in [0.3, 0.4) is 0 Å². The van der Waals surface area contributed by atoms with Gasteiger partial charge in [0.1, 0.15) is 5.75 Å². The highest BCUT2D eigenvalue weighted by Gasteiger charge is 2.10. The first-order valence-corrected chi connectivity index (χ1v) is 4.40. The van der Waals surface area contributed by atoms with Crippen molar-refractivity contribution in [2.45, 2.75) is 0 Å². The van der Waals surface area contributed by atoms with Crippen LogP contribution in [0, 0.1) is 0 Å². The second-order valence-electron chi connectivity index (χ2n) is 2.34. The van der Waals surface area contributed by atoms with Gasteiger partial charge >= 0.3 is 5.97 Å². The van der Waals surface area contributed by atoms with Crippen molar-refractivity contribution < 1.29 is 14.3 Å². The average molecular weight is 245 g/mol. The molecule has 0 saturated carbocycles. The molecule has 0 unspecified atom stereocenters. The Bertz CT molecular complexity index is 323. The first-order valence-electron chi connectivity index (χ1n) is 3.61. The molecule has 0 bridgehead atoms. The van der Waals surface area contributed by atoms with E-state index in [2.05, 4.69) is 20.7 Å². The minimum Gasteiger partial charge on any atom is -0.497 e. The van der Waals surface area contributed by atoms with Gasteiger partial charge in [-0.2, -0.15) is 0 Å². The summed E-state index contributed by atoms with van der Waals surface area (Å²) in [6, 6.07) is 5.07. The van der Waals surface area contributed by atoms with Crippen LogP contribution in [0.5, 0.6) is 5.75 Å². The highest BCUT2D eigenvalue weighted by Crippen LogP contribution is 2.23. The Kier molecular flexibility index (Phi) is 3.31. The zero-order valence-corrected chi connectivity index (χ0v) is 8.92. The molecule has 0 heterocycles. The van der Waals surface area contributed by atoms with Gasteiger partial charge in [-0.05, 0) is 34.1 Å². The molecule has 0 aliphatic heterocycles. The van der Waals surface area contributed by atoms with E-state index >= 15 is 0 Å². The van der Waals surface area contributed by atoms with Crippen molar-refractivity contribution in [2.75, 3.05) is 14.2 Å². The zero-order valence-electron chi connectivity index (χ0n) is 7.33. The third-order valence-corrected chi connectivity index (χ3v) is 2.24. The summed E-state index contributed by atoms with van der Waals surface area (Å²) in [5.74, 6) is 0.328. The zero-order chi connectivity index (χ0) is 9.84. The maximum absolute atomic E-state index is 11.1. The highest BCUT2D eigenvalue weighted by molar-refractivity contribution is 9.10. The van der Waals surface area contributed by atoms with Gasteiger partial charge in [0.25, 0.3) is 0 Å². The average Bonchev–Trinajstić information content (AvgIpc) is 2.16. The number of rotatable bonds is 2. The lowest BCUT2D eigenvalue weighted by Gasteiger charge is -2.04. The molecule has 0 saturated heterocycles. The van der Waals surface area contributed by atoms with Crippen LogP contribution in [0.25, 0.3) is 0 Å². The maximum atomic E-state index is 11.1. The molecule has 13 heavy (non-hydrogen) atoms. The van der Waals surface area contributed by atoms with Crippen molar-refractivity contribution in [3.63, 3.8) is 0 Å². The first kappa shape index (κ1) is 10.1. The van der Waals surface area contributed by atoms with E-state index in [-0.39, 0.29) is 5.97 Å². The van der Waals surface area contributed by atoms with Crippen molar-refractivity contribution in [1.82, 2.24) is 0 Å². The first-order chi connectivity index (χ1) is 6.19. The van der Waals surface area contributed by atoms with Crippen LogP contribution >= 0.6 is 15.9 Å². The summed E-state index contributed by atoms with van der Waals surface area (Å²) in [6.45, 7) is 0. The summed E-state index contributed by atoms with van der Waals surface area (Å²) in [4.78, 5) is 11.1. The Balaban J connectivity index is 3.05. The summed E-state index contributed by atoms with van der Waals surface area (Å²) in [5, 5.41) is 0. The van der Waals surface area contributed by atoms with Crippen molar-refractivity contribution in [2.24, 2.45) is 0 Å². The molecule has 0 amide bonds. The number of carbonyl (C=O) groups is 1. The van der Waals surface area contributed by atoms with Crippen LogP contribution in [0.2, 0.25) is 0 Å². The van der Waals surface area contributed by atoms with E-state index < -0.39 is 0 Å².